The molecule has 4 nitrogen and oxygen atoms in total. The van der Waals surface area contributed by atoms with Crippen LogP contribution in [0.5, 0.6) is 5.75 Å². The Morgan fingerprint density at radius 1 is 1.17 bits per heavy atom. The largest absolute Gasteiger partial charge is 0.508 e. The van der Waals surface area contributed by atoms with Gasteiger partial charge in [-0.05, 0) is 49.6 Å². The smallest absolute Gasteiger partial charge is 0.253 e. The second-order valence-corrected chi connectivity index (χ2v) is 6.79. The summed E-state index contributed by atoms with van der Waals surface area (Å²) in [6, 6.07) is 16.4. The van der Waals surface area contributed by atoms with Crippen molar-refractivity contribution in [3.8, 4) is 5.75 Å². The molecule has 0 aliphatic carbocycles. The van der Waals surface area contributed by atoms with E-state index < -0.39 is 5.60 Å². The lowest BCUT2D eigenvalue weighted by Gasteiger charge is -2.43. The highest BCUT2D eigenvalue weighted by molar-refractivity contribution is 5.94. The summed E-state index contributed by atoms with van der Waals surface area (Å²) in [5.74, 6) is 0.0911. The number of carbonyl (C=O) groups excluding carboxylic acids is 1. The second kappa shape index (κ2) is 6.65. The maximum absolute atomic E-state index is 12.7. The van der Waals surface area contributed by atoms with Crippen LogP contribution in [0.4, 0.5) is 0 Å². The van der Waals surface area contributed by atoms with Crippen molar-refractivity contribution >= 4 is 5.91 Å². The summed E-state index contributed by atoms with van der Waals surface area (Å²) < 4.78 is 0. The number of rotatable bonds is 3. The van der Waals surface area contributed by atoms with Crippen molar-refractivity contribution in [1.29, 1.82) is 0 Å². The quantitative estimate of drug-likeness (QED) is 0.912. The molecule has 0 radical (unpaired) electrons. The first-order valence-electron chi connectivity index (χ1n) is 8.30. The average molecular weight is 325 g/mol. The summed E-state index contributed by atoms with van der Waals surface area (Å²) in [5.41, 5.74) is 0.955. The topological polar surface area (TPSA) is 60.8 Å². The van der Waals surface area contributed by atoms with Crippen LogP contribution < -0.4 is 0 Å². The maximum Gasteiger partial charge on any atom is 0.253 e. The van der Waals surface area contributed by atoms with E-state index in [1.54, 1.807) is 17.0 Å². The number of amides is 1. The Kier molecular flexibility index (Phi) is 4.58. The molecule has 1 aliphatic rings. The van der Waals surface area contributed by atoms with Crippen LogP contribution in [-0.4, -0.2) is 39.7 Å². The van der Waals surface area contributed by atoms with Crippen LogP contribution in [0, 0.1) is 5.92 Å². The molecule has 2 N–H and O–H groups in total. The van der Waals surface area contributed by atoms with Crippen molar-refractivity contribution in [3.05, 3.63) is 65.7 Å². The number of nitrogens with zero attached hydrogens (tertiary/aromatic N) is 1. The first-order valence-corrected chi connectivity index (χ1v) is 8.30. The molecule has 3 rings (SSSR count). The van der Waals surface area contributed by atoms with Gasteiger partial charge in [-0.3, -0.25) is 4.79 Å². The zero-order valence-corrected chi connectivity index (χ0v) is 13.9. The minimum absolute atomic E-state index is 0.00489. The van der Waals surface area contributed by atoms with Gasteiger partial charge in [0.2, 0.25) is 0 Å². The van der Waals surface area contributed by atoms with E-state index in [0.29, 0.717) is 25.1 Å². The summed E-state index contributed by atoms with van der Waals surface area (Å²) >= 11 is 0. The van der Waals surface area contributed by atoms with Crippen molar-refractivity contribution in [2.24, 2.45) is 5.92 Å². The second-order valence-electron chi connectivity index (χ2n) is 6.79. The SMILES string of the molecule is C[C@]1(O)CCN(C(=O)c2ccc(O)cc2)C[C@H]1Cc1ccccc1. The number of carbonyl (C=O) groups is 1. The van der Waals surface area contributed by atoms with Gasteiger partial charge in [-0.1, -0.05) is 30.3 Å². The van der Waals surface area contributed by atoms with E-state index in [-0.39, 0.29) is 17.6 Å². The Hall–Kier alpha value is -2.33. The fourth-order valence-corrected chi connectivity index (χ4v) is 3.27. The molecular weight excluding hydrogens is 302 g/mol. The van der Waals surface area contributed by atoms with Gasteiger partial charge < -0.3 is 15.1 Å². The molecule has 0 unspecified atom stereocenters. The molecule has 2 aromatic carbocycles. The van der Waals surface area contributed by atoms with E-state index in [1.165, 1.54) is 17.7 Å². The van der Waals surface area contributed by atoms with Gasteiger partial charge in [0, 0.05) is 24.6 Å². The summed E-state index contributed by atoms with van der Waals surface area (Å²) in [7, 11) is 0. The molecule has 0 aromatic heterocycles. The van der Waals surface area contributed by atoms with Crippen LogP contribution in [0.15, 0.2) is 54.6 Å². The van der Waals surface area contributed by atoms with Crippen LogP contribution >= 0.6 is 0 Å². The van der Waals surface area contributed by atoms with Crippen molar-refractivity contribution in [2.75, 3.05) is 13.1 Å². The standard InChI is InChI=1S/C20H23NO3/c1-20(24)11-12-21(19(23)16-7-9-18(22)10-8-16)14-17(20)13-15-5-3-2-4-6-15/h2-10,17,22,24H,11-14H2,1H3/t17-,20+/m1/s1. The number of phenolic OH excluding ortho intramolecular Hbond substituents is 1. The van der Waals surface area contributed by atoms with Crippen LogP contribution in [0.1, 0.15) is 29.3 Å². The van der Waals surface area contributed by atoms with Gasteiger partial charge in [0.05, 0.1) is 5.60 Å². The zero-order valence-electron chi connectivity index (χ0n) is 13.9. The number of hydrogen-bond acceptors (Lipinski definition) is 3. The predicted molar refractivity (Wildman–Crippen MR) is 92.9 cm³/mol. The third kappa shape index (κ3) is 3.60. The maximum atomic E-state index is 12.7. The van der Waals surface area contributed by atoms with E-state index in [1.807, 2.05) is 25.1 Å². The number of aromatic hydroxyl groups is 1. The molecule has 24 heavy (non-hydrogen) atoms. The highest BCUT2D eigenvalue weighted by Crippen LogP contribution is 2.31. The first-order chi connectivity index (χ1) is 11.5. The summed E-state index contributed by atoms with van der Waals surface area (Å²) in [5, 5.41) is 20.1. The summed E-state index contributed by atoms with van der Waals surface area (Å²) in [4.78, 5) is 14.5. The van der Waals surface area contributed by atoms with Gasteiger partial charge in [-0.25, -0.2) is 0 Å². The monoisotopic (exact) mass is 325 g/mol. The van der Waals surface area contributed by atoms with Crippen molar-refractivity contribution in [3.63, 3.8) is 0 Å². The van der Waals surface area contributed by atoms with E-state index >= 15 is 0 Å². The average Bonchev–Trinajstić information content (AvgIpc) is 2.58. The fraction of sp³-hybridized carbons (Fsp3) is 0.350. The number of piperidine rings is 1. The molecule has 0 bridgehead atoms. The third-order valence-corrected chi connectivity index (χ3v) is 4.93. The molecule has 1 saturated heterocycles. The lowest BCUT2D eigenvalue weighted by molar-refractivity contribution is -0.0507. The Labute approximate surface area is 142 Å². The van der Waals surface area contributed by atoms with Gasteiger partial charge in [0.15, 0.2) is 0 Å². The van der Waals surface area contributed by atoms with Crippen LogP contribution in [0.3, 0.4) is 0 Å². The normalized spacial score (nSPS) is 23.9. The highest BCUT2D eigenvalue weighted by Gasteiger charge is 2.39. The number of likely N-dealkylation sites (tertiary alicyclic amines) is 1. The number of aliphatic hydroxyl groups is 1. The molecule has 1 heterocycles. The Morgan fingerprint density at radius 3 is 2.50 bits per heavy atom. The van der Waals surface area contributed by atoms with Crippen molar-refractivity contribution < 1.29 is 15.0 Å². The molecular formula is C20H23NO3. The Balaban J connectivity index is 1.75. The Morgan fingerprint density at radius 2 is 1.83 bits per heavy atom. The van der Waals surface area contributed by atoms with Gasteiger partial charge in [-0.15, -0.1) is 0 Å². The first kappa shape index (κ1) is 16.5. The summed E-state index contributed by atoms with van der Waals surface area (Å²) in [6.07, 6.45) is 1.31. The van der Waals surface area contributed by atoms with Gasteiger partial charge in [-0.2, -0.15) is 0 Å². The fourth-order valence-electron chi connectivity index (χ4n) is 3.27. The van der Waals surface area contributed by atoms with Gasteiger partial charge >= 0.3 is 0 Å². The molecule has 0 saturated carbocycles. The highest BCUT2D eigenvalue weighted by atomic mass is 16.3. The van der Waals surface area contributed by atoms with Crippen LogP contribution in [0.2, 0.25) is 0 Å². The van der Waals surface area contributed by atoms with E-state index in [4.69, 9.17) is 0 Å². The van der Waals surface area contributed by atoms with E-state index in [9.17, 15) is 15.0 Å². The lowest BCUT2D eigenvalue weighted by atomic mass is 9.78. The molecule has 1 fully saturated rings. The number of phenols is 1. The molecule has 1 amide bonds. The minimum atomic E-state index is -0.776. The number of hydrogen-bond donors (Lipinski definition) is 2. The third-order valence-electron chi connectivity index (χ3n) is 4.93. The molecule has 2 atom stereocenters. The zero-order chi connectivity index (χ0) is 17.2. The molecule has 126 valence electrons. The molecule has 0 spiro atoms. The van der Waals surface area contributed by atoms with Crippen molar-refractivity contribution in [2.45, 2.75) is 25.4 Å². The summed E-state index contributed by atoms with van der Waals surface area (Å²) in [6.45, 7) is 2.93. The van der Waals surface area contributed by atoms with Gasteiger partial charge in [0.1, 0.15) is 5.75 Å². The van der Waals surface area contributed by atoms with E-state index in [2.05, 4.69) is 12.1 Å². The lowest BCUT2D eigenvalue weighted by Crippen LogP contribution is -2.52. The van der Waals surface area contributed by atoms with Crippen molar-refractivity contribution in [1.82, 2.24) is 4.90 Å². The predicted octanol–water partition coefficient (Wildman–Crippen LogP) is 2.85. The van der Waals surface area contributed by atoms with Gasteiger partial charge in [0.25, 0.3) is 5.91 Å². The number of benzene rings is 2. The molecule has 4 heteroatoms. The molecule has 2 aromatic rings. The van der Waals surface area contributed by atoms with Crippen LogP contribution in [0.25, 0.3) is 0 Å². The Bertz CT molecular complexity index is 695. The van der Waals surface area contributed by atoms with E-state index in [0.717, 1.165) is 6.42 Å². The van der Waals surface area contributed by atoms with Crippen LogP contribution in [-0.2, 0) is 6.42 Å². The molecule has 1 aliphatic heterocycles. The minimum Gasteiger partial charge on any atom is -0.508 e.